The van der Waals surface area contributed by atoms with Crippen LogP contribution in [0, 0.1) is 5.82 Å². The van der Waals surface area contributed by atoms with E-state index in [1.54, 1.807) is 6.92 Å². The Labute approximate surface area is 123 Å². The van der Waals surface area contributed by atoms with Crippen molar-refractivity contribution in [2.45, 2.75) is 19.5 Å². The molecule has 1 atom stereocenters. The third-order valence-electron chi connectivity index (χ3n) is 2.58. The highest BCUT2D eigenvalue weighted by molar-refractivity contribution is 6.35. The Hall–Kier alpha value is -1.73. The van der Waals surface area contributed by atoms with Crippen LogP contribution in [0.1, 0.15) is 18.5 Å². The van der Waals surface area contributed by atoms with Gasteiger partial charge in [-0.25, -0.2) is 9.07 Å². The number of hydrogen-bond acceptors (Lipinski definition) is 4. The van der Waals surface area contributed by atoms with E-state index in [0.717, 1.165) is 0 Å². The van der Waals surface area contributed by atoms with Crippen LogP contribution in [0.15, 0.2) is 18.5 Å². The van der Waals surface area contributed by atoms with Gasteiger partial charge in [-0.3, -0.25) is 4.79 Å². The number of benzene rings is 1. The quantitative estimate of drug-likeness (QED) is 0.875. The summed E-state index contributed by atoms with van der Waals surface area (Å²) >= 11 is 11.6. The summed E-state index contributed by atoms with van der Waals surface area (Å²) in [5, 5.41) is 13.3. The average molecular weight is 318 g/mol. The van der Waals surface area contributed by atoms with E-state index in [-0.39, 0.29) is 22.5 Å². The van der Waals surface area contributed by atoms with Crippen LogP contribution in [0.3, 0.4) is 0 Å². The van der Waals surface area contributed by atoms with Crippen molar-refractivity contribution in [3.8, 4) is 0 Å². The van der Waals surface area contributed by atoms with Crippen LogP contribution in [0.2, 0.25) is 10.0 Å². The summed E-state index contributed by atoms with van der Waals surface area (Å²) in [5.74, 6) is -0.913. The fourth-order valence-corrected chi connectivity index (χ4v) is 2.18. The number of nitrogens with one attached hydrogen (secondary N) is 1. The zero-order valence-corrected chi connectivity index (χ0v) is 11.9. The molecule has 1 amide bonds. The Morgan fingerprint density at radius 3 is 2.85 bits per heavy atom. The van der Waals surface area contributed by atoms with Gasteiger partial charge >= 0.3 is 0 Å². The summed E-state index contributed by atoms with van der Waals surface area (Å²) < 4.78 is 14.7. The molecular formula is C11H10Cl2FN5O. The van der Waals surface area contributed by atoms with Crippen molar-refractivity contribution in [3.05, 3.63) is 39.9 Å². The van der Waals surface area contributed by atoms with E-state index < -0.39 is 11.9 Å². The van der Waals surface area contributed by atoms with Gasteiger partial charge in [0.25, 0.3) is 0 Å². The van der Waals surface area contributed by atoms with Gasteiger partial charge in [0, 0.05) is 5.02 Å². The molecule has 2 rings (SSSR count). The second kappa shape index (κ2) is 6.15. The molecule has 0 spiro atoms. The number of carbonyl (C=O) groups is 1. The van der Waals surface area contributed by atoms with Crippen LogP contribution in [0.5, 0.6) is 0 Å². The maximum Gasteiger partial charge on any atom is 0.242 e. The van der Waals surface area contributed by atoms with E-state index in [0.29, 0.717) is 5.56 Å². The Morgan fingerprint density at radius 2 is 2.20 bits per heavy atom. The molecule has 0 radical (unpaired) electrons. The van der Waals surface area contributed by atoms with Gasteiger partial charge in [0.2, 0.25) is 5.91 Å². The van der Waals surface area contributed by atoms with E-state index in [1.807, 2.05) is 0 Å². The summed E-state index contributed by atoms with van der Waals surface area (Å²) in [7, 11) is 0. The van der Waals surface area contributed by atoms with E-state index in [4.69, 9.17) is 23.2 Å². The minimum atomic E-state index is -0.590. The molecule has 9 heteroatoms. The number of aromatic nitrogens is 4. The van der Waals surface area contributed by atoms with Crippen molar-refractivity contribution >= 4 is 29.1 Å². The second-order valence-electron chi connectivity index (χ2n) is 4.08. The summed E-state index contributed by atoms with van der Waals surface area (Å²) in [5.41, 5.74) is 0.443. The Balaban J connectivity index is 2.06. The lowest BCUT2D eigenvalue weighted by Crippen LogP contribution is -2.30. The maximum absolute atomic E-state index is 13.4. The number of tetrazole rings is 1. The SMILES string of the molecule is CC(NC(=O)Cn1cnnn1)c1cc(F)c(Cl)cc1Cl. The Morgan fingerprint density at radius 1 is 1.45 bits per heavy atom. The molecule has 1 heterocycles. The fraction of sp³-hybridized carbons (Fsp3) is 0.273. The largest absolute Gasteiger partial charge is 0.348 e. The number of halogens is 3. The lowest BCUT2D eigenvalue weighted by Gasteiger charge is -2.16. The average Bonchev–Trinajstić information content (AvgIpc) is 2.86. The first-order valence-corrected chi connectivity index (χ1v) is 6.37. The number of hydrogen-bond donors (Lipinski definition) is 1. The zero-order valence-electron chi connectivity index (χ0n) is 10.3. The Bertz CT molecular complexity index is 620. The summed E-state index contributed by atoms with van der Waals surface area (Å²) in [6.45, 7) is 1.65. The van der Waals surface area contributed by atoms with Gasteiger partial charge in [-0.15, -0.1) is 5.10 Å². The van der Waals surface area contributed by atoms with Crippen molar-refractivity contribution in [2.24, 2.45) is 0 Å². The van der Waals surface area contributed by atoms with Gasteiger partial charge in [0.1, 0.15) is 18.7 Å². The first-order valence-electron chi connectivity index (χ1n) is 5.62. The minimum absolute atomic E-state index is 0.0367. The minimum Gasteiger partial charge on any atom is -0.348 e. The number of nitrogens with zero attached hydrogens (tertiary/aromatic N) is 4. The van der Waals surface area contributed by atoms with Crippen LogP contribution in [0.4, 0.5) is 4.39 Å². The highest BCUT2D eigenvalue weighted by Gasteiger charge is 2.16. The molecule has 1 aromatic carbocycles. The van der Waals surface area contributed by atoms with Crippen molar-refractivity contribution < 1.29 is 9.18 Å². The first-order chi connectivity index (χ1) is 9.47. The molecular weight excluding hydrogens is 308 g/mol. The molecule has 106 valence electrons. The normalized spacial score (nSPS) is 12.2. The van der Waals surface area contributed by atoms with E-state index in [2.05, 4.69) is 20.8 Å². The third kappa shape index (κ3) is 3.43. The summed E-state index contributed by atoms with van der Waals surface area (Å²) in [4.78, 5) is 11.8. The Kier molecular flexibility index (Phi) is 4.51. The van der Waals surface area contributed by atoms with Gasteiger partial charge in [0.15, 0.2) is 0 Å². The maximum atomic E-state index is 13.4. The van der Waals surface area contributed by atoms with Crippen molar-refractivity contribution in [1.82, 2.24) is 25.5 Å². The first kappa shape index (κ1) is 14.7. The predicted molar refractivity (Wildman–Crippen MR) is 70.8 cm³/mol. The molecule has 0 aliphatic heterocycles. The zero-order chi connectivity index (χ0) is 14.7. The van der Waals surface area contributed by atoms with E-state index in [9.17, 15) is 9.18 Å². The van der Waals surface area contributed by atoms with Crippen molar-refractivity contribution in [1.29, 1.82) is 0 Å². The van der Waals surface area contributed by atoms with Gasteiger partial charge in [-0.2, -0.15) is 0 Å². The predicted octanol–water partition coefficient (Wildman–Crippen LogP) is 2.00. The second-order valence-corrected chi connectivity index (χ2v) is 4.90. The van der Waals surface area contributed by atoms with Gasteiger partial charge in [0.05, 0.1) is 11.1 Å². The standard InChI is InChI=1S/C11H10Cl2FN5O/c1-6(7-2-10(14)9(13)3-8(7)12)16-11(20)4-19-5-15-17-18-19/h2-3,5-6H,4H2,1H3,(H,16,20). The van der Waals surface area contributed by atoms with E-state index in [1.165, 1.54) is 23.1 Å². The molecule has 6 nitrogen and oxygen atoms in total. The number of amides is 1. The highest BCUT2D eigenvalue weighted by Crippen LogP contribution is 2.28. The molecule has 0 saturated carbocycles. The van der Waals surface area contributed by atoms with Crippen molar-refractivity contribution in [3.63, 3.8) is 0 Å². The molecule has 0 aliphatic carbocycles. The molecule has 0 aliphatic rings. The van der Waals surface area contributed by atoms with E-state index >= 15 is 0 Å². The fourth-order valence-electron chi connectivity index (χ4n) is 1.63. The van der Waals surface area contributed by atoms with Crippen LogP contribution < -0.4 is 5.32 Å². The van der Waals surface area contributed by atoms with Crippen LogP contribution in [0.25, 0.3) is 0 Å². The van der Waals surface area contributed by atoms with Gasteiger partial charge < -0.3 is 5.32 Å². The lowest BCUT2D eigenvalue weighted by atomic mass is 10.1. The van der Waals surface area contributed by atoms with Crippen LogP contribution in [-0.4, -0.2) is 26.1 Å². The summed E-state index contributed by atoms with van der Waals surface area (Å²) in [6, 6.07) is 2.03. The van der Waals surface area contributed by atoms with Crippen molar-refractivity contribution in [2.75, 3.05) is 0 Å². The number of rotatable bonds is 4. The van der Waals surface area contributed by atoms with Gasteiger partial charge in [-0.1, -0.05) is 23.2 Å². The molecule has 0 bridgehead atoms. The molecule has 0 saturated heterocycles. The summed E-state index contributed by atoms with van der Waals surface area (Å²) in [6.07, 6.45) is 1.32. The van der Waals surface area contributed by atoms with Crippen LogP contribution >= 0.6 is 23.2 Å². The van der Waals surface area contributed by atoms with Crippen LogP contribution in [-0.2, 0) is 11.3 Å². The van der Waals surface area contributed by atoms with Gasteiger partial charge in [-0.05, 0) is 35.0 Å². The smallest absolute Gasteiger partial charge is 0.242 e. The lowest BCUT2D eigenvalue weighted by molar-refractivity contribution is -0.122. The number of carbonyl (C=O) groups excluding carboxylic acids is 1. The molecule has 0 fully saturated rings. The molecule has 20 heavy (non-hydrogen) atoms. The molecule has 1 N–H and O–H groups in total. The molecule has 1 aromatic heterocycles. The highest BCUT2D eigenvalue weighted by atomic mass is 35.5. The topological polar surface area (TPSA) is 72.7 Å². The third-order valence-corrected chi connectivity index (χ3v) is 3.20. The molecule has 1 unspecified atom stereocenters. The molecule has 2 aromatic rings. The monoisotopic (exact) mass is 317 g/mol.